The van der Waals surface area contributed by atoms with Gasteiger partial charge in [0.1, 0.15) is 11.6 Å². The molecule has 5 heteroatoms. The van der Waals surface area contributed by atoms with Crippen molar-refractivity contribution >= 4 is 5.91 Å². The minimum absolute atomic E-state index is 0.0995. The molecular weight excluding hydrogens is 225 g/mol. The van der Waals surface area contributed by atoms with Gasteiger partial charge in [-0.05, 0) is 25.0 Å². The zero-order valence-corrected chi connectivity index (χ0v) is 9.16. The van der Waals surface area contributed by atoms with Gasteiger partial charge in [0.2, 0.25) is 0 Å². The molecule has 1 saturated carbocycles. The second-order valence-electron chi connectivity index (χ2n) is 4.30. The molecule has 0 saturated heterocycles. The molecule has 0 unspecified atom stereocenters. The minimum atomic E-state index is -0.446. The number of hydrogen-bond acceptors (Lipinski definition) is 3. The van der Waals surface area contributed by atoms with Crippen LogP contribution in [0.3, 0.4) is 0 Å². The Morgan fingerprint density at radius 1 is 1.41 bits per heavy atom. The molecule has 1 aliphatic heterocycles. The topological polar surface area (TPSA) is 47.6 Å². The lowest BCUT2D eigenvalue weighted by atomic mass is 10.1. The Kier molecular flexibility index (Phi) is 2.48. The molecule has 2 aliphatic rings. The van der Waals surface area contributed by atoms with Gasteiger partial charge in [0.25, 0.3) is 5.91 Å². The molecule has 4 nitrogen and oxygen atoms in total. The van der Waals surface area contributed by atoms with Gasteiger partial charge in [-0.15, -0.1) is 0 Å². The summed E-state index contributed by atoms with van der Waals surface area (Å²) < 4.78 is 23.7. The number of amides is 1. The highest BCUT2D eigenvalue weighted by molar-refractivity contribution is 5.97. The van der Waals surface area contributed by atoms with Crippen LogP contribution in [-0.2, 0) is 11.3 Å². The van der Waals surface area contributed by atoms with Gasteiger partial charge in [-0.2, -0.15) is 0 Å². The normalized spacial score (nSPS) is 18.2. The Hall–Kier alpha value is -1.62. The smallest absolute Gasteiger partial charge is 0.255 e. The van der Waals surface area contributed by atoms with E-state index < -0.39 is 5.82 Å². The third kappa shape index (κ3) is 2.10. The summed E-state index contributed by atoms with van der Waals surface area (Å²) in [5.41, 5.74) is 0.840. The van der Waals surface area contributed by atoms with Crippen molar-refractivity contribution in [3.63, 3.8) is 0 Å². The van der Waals surface area contributed by atoms with Crippen LogP contribution in [0.25, 0.3) is 0 Å². The molecule has 0 spiro atoms. The van der Waals surface area contributed by atoms with Crippen LogP contribution >= 0.6 is 0 Å². The molecule has 0 bridgehead atoms. The lowest BCUT2D eigenvalue weighted by Crippen LogP contribution is -2.27. The first kappa shape index (κ1) is 10.5. The van der Waals surface area contributed by atoms with E-state index in [2.05, 4.69) is 5.32 Å². The first-order valence-electron chi connectivity index (χ1n) is 5.58. The van der Waals surface area contributed by atoms with Gasteiger partial charge in [-0.3, -0.25) is 4.79 Å². The van der Waals surface area contributed by atoms with Crippen molar-refractivity contribution in [2.45, 2.75) is 25.5 Å². The van der Waals surface area contributed by atoms with Crippen LogP contribution in [0.2, 0.25) is 0 Å². The number of fused-ring (bicyclic) bond motifs is 1. The molecule has 1 aromatic rings. The fourth-order valence-electron chi connectivity index (χ4n) is 1.84. The molecule has 1 amide bonds. The molecule has 1 N–H and O–H groups in total. The fraction of sp³-hybridized carbons (Fsp3) is 0.417. The third-order valence-electron chi connectivity index (χ3n) is 2.83. The Morgan fingerprint density at radius 3 is 3.00 bits per heavy atom. The van der Waals surface area contributed by atoms with Crippen molar-refractivity contribution in [3.8, 4) is 5.75 Å². The quantitative estimate of drug-likeness (QED) is 0.849. The second kappa shape index (κ2) is 4.00. The number of hydrogen-bond donors (Lipinski definition) is 1. The molecule has 90 valence electrons. The minimum Gasteiger partial charge on any atom is -0.466 e. The number of halogens is 1. The fourth-order valence-corrected chi connectivity index (χ4v) is 1.84. The third-order valence-corrected chi connectivity index (χ3v) is 2.83. The van der Waals surface area contributed by atoms with Crippen molar-refractivity contribution in [2.75, 3.05) is 6.79 Å². The Morgan fingerprint density at radius 2 is 2.24 bits per heavy atom. The molecule has 0 aromatic heterocycles. The van der Waals surface area contributed by atoms with Crippen LogP contribution in [0.5, 0.6) is 5.75 Å². The molecule has 17 heavy (non-hydrogen) atoms. The maximum atomic E-state index is 13.4. The zero-order chi connectivity index (χ0) is 11.8. The van der Waals surface area contributed by atoms with Crippen molar-refractivity contribution in [1.29, 1.82) is 0 Å². The first-order chi connectivity index (χ1) is 8.24. The molecular formula is C12H12FNO3. The zero-order valence-electron chi connectivity index (χ0n) is 9.16. The predicted molar refractivity (Wildman–Crippen MR) is 57.2 cm³/mol. The SMILES string of the molecule is O=C(NC1CC1)c1cc(F)cc2c1OCOC2. The van der Waals surface area contributed by atoms with E-state index in [-0.39, 0.29) is 30.9 Å². The molecule has 1 fully saturated rings. The van der Waals surface area contributed by atoms with E-state index in [0.717, 1.165) is 12.8 Å². The van der Waals surface area contributed by atoms with Crippen molar-refractivity contribution in [3.05, 3.63) is 29.1 Å². The van der Waals surface area contributed by atoms with Gasteiger partial charge in [0.15, 0.2) is 6.79 Å². The monoisotopic (exact) mass is 237 g/mol. The van der Waals surface area contributed by atoms with Crippen LogP contribution in [-0.4, -0.2) is 18.7 Å². The summed E-state index contributed by atoms with van der Waals surface area (Å²) >= 11 is 0. The largest absolute Gasteiger partial charge is 0.466 e. The predicted octanol–water partition coefficient (Wildman–Crippen LogP) is 1.58. The van der Waals surface area contributed by atoms with E-state index in [0.29, 0.717) is 11.3 Å². The van der Waals surface area contributed by atoms with Crippen LogP contribution in [0.15, 0.2) is 12.1 Å². The van der Waals surface area contributed by atoms with E-state index in [9.17, 15) is 9.18 Å². The number of carbonyl (C=O) groups excluding carboxylic acids is 1. The average molecular weight is 237 g/mol. The standard InChI is InChI=1S/C12H12FNO3/c13-8-3-7-5-16-6-17-11(7)10(4-8)12(15)14-9-1-2-9/h3-4,9H,1-2,5-6H2,(H,14,15). The van der Waals surface area contributed by atoms with Gasteiger partial charge >= 0.3 is 0 Å². The van der Waals surface area contributed by atoms with Crippen molar-refractivity contribution in [1.82, 2.24) is 5.32 Å². The van der Waals surface area contributed by atoms with Gasteiger partial charge < -0.3 is 14.8 Å². The maximum Gasteiger partial charge on any atom is 0.255 e. The lowest BCUT2D eigenvalue weighted by Gasteiger charge is -2.20. The lowest BCUT2D eigenvalue weighted by molar-refractivity contribution is -0.0170. The number of ether oxygens (including phenoxy) is 2. The van der Waals surface area contributed by atoms with E-state index in [4.69, 9.17) is 9.47 Å². The molecule has 1 heterocycles. The summed E-state index contributed by atoms with van der Waals surface area (Å²) in [7, 11) is 0. The Bertz CT molecular complexity index is 471. The highest BCUT2D eigenvalue weighted by Gasteiger charge is 2.27. The summed E-state index contributed by atoms with van der Waals surface area (Å²) in [4.78, 5) is 11.9. The first-order valence-corrected chi connectivity index (χ1v) is 5.58. The molecule has 1 aliphatic carbocycles. The summed E-state index contributed by atoms with van der Waals surface area (Å²) in [5.74, 6) is -0.278. The number of rotatable bonds is 2. The second-order valence-corrected chi connectivity index (χ2v) is 4.30. The van der Waals surface area contributed by atoms with Crippen LogP contribution < -0.4 is 10.1 Å². The highest BCUT2D eigenvalue weighted by atomic mass is 19.1. The van der Waals surface area contributed by atoms with Gasteiger partial charge in [-0.1, -0.05) is 0 Å². The van der Waals surface area contributed by atoms with E-state index >= 15 is 0 Å². The number of carbonyl (C=O) groups is 1. The number of nitrogens with one attached hydrogen (secondary N) is 1. The van der Waals surface area contributed by atoms with Crippen LogP contribution in [0.4, 0.5) is 4.39 Å². The Balaban J connectivity index is 1.95. The van der Waals surface area contributed by atoms with Gasteiger partial charge in [0, 0.05) is 11.6 Å². The molecule has 1 aromatic carbocycles. The summed E-state index contributed by atoms with van der Waals surface area (Å²) in [6.45, 7) is 0.374. The number of benzene rings is 1. The van der Waals surface area contributed by atoms with Gasteiger partial charge in [0.05, 0.1) is 12.2 Å². The van der Waals surface area contributed by atoms with Gasteiger partial charge in [-0.25, -0.2) is 4.39 Å². The molecule has 0 radical (unpaired) electrons. The molecule has 0 atom stereocenters. The Labute approximate surface area is 97.7 Å². The van der Waals surface area contributed by atoms with E-state index in [1.165, 1.54) is 12.1 Å². The maximum absolute atomic E-state index is 13.4. The van der Waals surface area contributed by atoms with Crippen molar-refractivity contribution < 1.29 is 18.7 Å². The highest BCUT2D eigenvalue weighted by Crippen LogP contribution is 2.30. The van der Waals surface area contributed by atoms with Crippen molar-refractivity contribution in [2.24, 2.45) is 0 Å². The average Bonchev–Trinajstić information content (AvgIpc) is 3.11. The summed E-state index contributed by atoms with van der Waals surface area (Å²) in [6.07, 6.45) is 1.99. The summed E-state index contributed by atoms with van der Waals surface area (Å²) in [6, 6.07) is 2.78. The van der Waals surface area contributed by atoms with Crippen LogP contribution in [0.1, 0.15) is 28.8 Å². The van der Waals surface area contributed by atoms with E-state index in [1.54, 1.807) is 0 Å². The van der Waals surface area contributed by atoms with E-state index in [1.807, 2.05) is 0 Å². The van der Waals surface area contributed by atoms with Crippen LogP contribution in [0, 0.1) is 5.82 Å². The molecule has 3 rings (SSSR count). The summed E-state index contributed by atoms with van der Waals surface area (Å²) in [5, 5.41) is 2.82.